The van der Waals surface area contributed by atoms with Gasteiger partial charge in [0.15, 0.2) is 0 Å². The highest BCUT2D eigenvalue weighted by Gasteiger charge is 2.15. The molecule has 0 unspecified atom stereocenters. The fraction of sp³-hybridized carbons (Fsp3) is 0.217. The number of aromatic nitrogens is 1. The average molecular weight is 391 g/mol. The summed E-state index contributed by atoms with van der Waals surface area (Å²) < 4.78 is 7.45. The number of methoxy groups -OCH3 is 1. The summed E-state index contributed by atoms with van der Waals surface area (Å²) in [4.78, 5) is 26.5. The number of aryl methyl sites for hydroxylation is 2. The number of amides is 2. The SMILES string of the molecule is COc1ccc(C(=O)N(C)C)cc1NC(=O)c1ccc(-n2c(C)ccc2C)cc1. The maximum Gasteiger partial charge on any atom is 0.255 e. The third-order valence-electron chi connectivity index (χ3n) is 4.76. The molecule has 0 saturated carbocycles. The Hall–Kier alpha value is -3.54. The fourth-order valence-corrected chi connectivity index (χ4v) is 3.23. The van der Waals surface area contributed by atoms with Crippen molar-refractivity contribution in [3.05, 3.63) is 77.1 Å². The molecule has 150 valence electrons. The third-order valence-corrected chi connectivity index (χ3v) is 4.76. The fourth-order valence-electron chi connectivity index (χ4n) is 3.23. The van der Waals surface area contributed by atoms with Crippen molar-refractivity contribution in [1.29, 1.82) is 0 Å². The van der Waals surface area contributed by atoms with Crippen LogP contribution in [0.3, 0.4) is 0 Å². The Kier molecular flexibility index (Phi) is 5.73. The number of nitrogens with zero attached hydrogens (tertiary/aromatic N) is 2. The summed E-state index contributed by atoms with van der Waals surface area (Å²) in [5, 5.41) is 2.85. The average Bonchev–Trinajstić information content (AvgIpc) is 3.05. The van der Waals surface area contributed by atoms with E-state index in [9.17, 15) is 9.59 Å². The lowest BCUT2D eigenvalue weighted by atomic mass is 10.1. The summed E-state index contributed by atoms with van der Waals surface area (Å²) in [5.74, 6) is 0.0686. The summed E-state index contributed by atoms with van der Waals surface area (Å²) in [6.07, 6.45) is 0. The van der Waals surface area contributed by atoms with Gasteiger partial charge in [0.1, 0.15) is 5.75 Å². The molecule has 3 aromatic rings. The van der Waals surface area contributed by atoms with E-state index in [2.05, 4.69) is 22.0 Å². The molecule has 0 aliphatic carbocycles. The number of carbonyl (C=O) groups is 2. The van der Waals surface area contributed by atoms with E-state index >= 15 is 0 Å². The van der Waals surface area contributed by atoms with E-state index in [-0.39, 0.29) is 11.8 Å². The molecule has 6 nitrogen and oxygen atoms in total. The Morgan fingerprint density at radius 2 is 1.48 bits per heavy atom. The summed E-state index contributed by atoms with van der Waals surface area (Å²) in [6, 6.07) is 16.5. The minimum Gasteiger partial charge on any atom is -0.495 e. The monoisotopic (exact) mass is 391 g/mol. The van der Waals surface area contributed by atoms with Crippen LogP contribution in [-0.4, -0.2) is 42.5 Å². The van der Waals surface area contributed by atoms with E-state index in [4.69, 9.17) is 4.74 Å². The first kappa shape index (κ1) is 20.2. The highest BCUT2D eigenvalue weighted by molar-refractivity contribution is 6.06. The molecule has 0 fully saturated rings. The van der Waals surface area contributed by atoms with E-state index in [0.717, 1.165) is 17.1 Å². The number of carbonyl (C=O) groups excluding carboxylic acids is 2. The zero-order valence-electron chi connectivity index (χ0n) is 17.3. The topological polar surface area (TPSA) is 63.6 Å². The molecule has 29 heavy (non-hydrogen) atoms. The summed E-state index contributed by atoms with van der Waals surface area (Å²) in [5.41, 5.74) is 4.70. The molecule has 1 N–H and O–H groups in total. The van der Waals surface area contributed by atoms with E-state index in [1.807, 2.05) is 26.0 Å². The second-order valence-electron chi connectivity index (χ2n) is 7.07. The van der Waals surface area contributed by atoms with E-state index < -0.39 is 0 Å². The molecule has 1 heterocycles. The van der Waals surface area contributed by atoms with Crippen LogP contribution in [0, 0.1) is 13.8 Å². The quantitative estimate of drug-likeness (QED) is 0.713. The summed E-state index contributed by atoms with van der Waals surface area (Å²) in [6.45, 7) is 4.09. The number of nitrogens with one attached hydrogen (secondary N) is 1. The van der Waals surface area contributed by atoms with Crippen molar-refractivity contribution in [3.8, 4) is 11.4 Å². The highest BCUT2D eigenvalue weighted by Crippen LogP contribution is 2.27. The number of benzene rings is 2. The van der Waals surface area contributed by atoms with Crippen LogP contribution in [0.2, 0.25) is 0 Å². The standard InChI is InChI=1S/C23H25N3O3/c1-15-6-7-16(2)26(15)19-11-8-17(9-12-19)22(27)24-20-14-18(23(28)25(3)4)10-13-21(20)29-5/h6-14H,1-5H3,(H,24,27). The van der Waals surface area contributed by atoms with E-state index in [1.54, 1.807) is 44.4 Å². The number of ether oxygens (including phenoxy) is 1. The first-order chi connectivity index (χ1) is 13.8. The van der Waals surface area contributed by atoms with Crippen molar-refractivity contribution < 1.29 is 14.3 Å². The van der Waals surface area contributed by atoms with Crippen LogP contribution in [0.4, 0.5) is 5.69 Å². The van der Waals surface area contributed by atoms with Crippen molar-refractivity contribution >= 4 is 17.5 Å². The lowest BCUT2D eigenvalue weighted by molar-refractivity contribution is 0.0827. The number of anilines is 1. The molecule has 0 spiro atoms. The Balaban J connectivity index is 1.85. The minimum absolute atomic E-state index is 0.148. The Labute approximate surface area is 170 Å². The largest absolute Gasteiger partial charge is 0.495 e. The predicted molar refractivity (Wildman–Crippen MR) is 114 cm³/mol. The first-order valence-electron chi connectivity index (χ1n) is 9.28. The van der Waals surface area contributed by atoms with Gasteiger partial charge in [0.25, 0.3) is 11.8 Å². The molecule has 6 heteroatoms. The second kappa shape index (κ2) is 8.22. The van der Waals surface area contributed by atoms with Gasteiger partial charge in [-0.15, -0.1) is 0 Å². The van der Waals surface area contributed by atoms with Crippen LogP contribution >= 0.6 is 0 Å². The van der Waals surface area contributed by atoms with Gasteiger partial charge in [0.2, 0.25) is 0 Å². The zero-order chi connectivity index (χ0) is 21.1. The zero-order valence-corrected chi connectivity index (χ0v) is 17.3. The van der Waals surface area contributed by atoms with Gasteiger partial charge in [-0.1, -0.05) is 0 Å². The molecule has 1 aromatic heterocycles. The molecule has 3 rings (SSSR count). The smallest absolute Gasteiger partial charge is 0.255 e. The molecule has 2 amide bonds. The molecule has 0 aliphatic rings. The third kappa shape index (κ3) is 4.16. The van der Waals surface area contributed by atoms with Crippen LogP contribution < -0.4 is 10.1 Å². The Morgan fingerprint density at radius 1 is 0.897 bits per heavy atom. The molecular formula is C23H25N3O3. The molecular weight excluding hydrogens is 366 g/mol. The van der Waals surface area contributed by atoms with Crippen molar-refractivity contribution in [2.45, 2.75) is 13.8 Å². The normalized spacial score (nSPS) is 10.5. The van der Waals surface area contributed by atoms with Gasteiger partial charge in [0.05, 0.1) is 12.8 Å². The number of rotatable bonds is 5. The van der Waals surface area contributed by atoms with Crippen molar-refractivity contribution in [2.75, 3.05) is 26.5 Å². The van der Waals surface area contributed by atoms with Gasteiger partial charge < -0.3 is 19.5 Å². The van der Waals surface area contributed by atoms with Crippen molar-refractivity contribution in [2.24, 2.45) is 0 Å². The first-order valence-corrected chi connectivity index (χ1v) is 9.28. The predicted octanol–water partition coefficient (Wildman–Crippen LogP) is 4.06. The second-order valence-corrected chi connectivity index (χ2v) is 7.07. The van der Waals surface area contributed by atoms with Gasteiger partial charge >= 0.3 is 0 Å². The molecule has 0 radical (unpaired) electrons. The molecule has 0 atom stereocenters. The number of hydrogen-bond acceptors (Lipinski definition) is 3. The molecule has 0 bridgehead atoms. The van der Waals surface area contributed by atoms with E-state index in [0.29, 0.717) is 22.6 Å². The van der Waals surface area contributed by atoms with Gasteiger partial charge in [-0.25, -0.2) is 0 Å². The number of hydrogen-bond donors (Lipinski definition) is 1. The lowest BCUT2D eigenvalue weighted by Gasteiger charge is -2.15. The summed E-state index contributed by atoms with van der Waals surface area (Å²) >= 11 is 0. The van der Waals surface area contributed by atoms with Gasteiger partial charge in [-0.3, -0.25) is 9.59 Å². The minimum atomic E-state index is -0.273. The van der Waals surface area contributed by atoms with Gasteiger partial charge in [-0.2, -0.15) is 0 Å². The molecule has 2 aromatic carbocycles. The molecule has 0 aliphatic heterocycles. The van der Waals surface area contributed by atoms with Crippen LogP contribution in [-0.2, 0) is 0 Å². The van der Waals surface area contributed by atoms with Crippen LogP contribution in [0.15, 0.2) is 54.6 Å². The van der Waals surface area contributed by atoms with Crippen molar-refractivity contribution in [3.63, 3.8) is 0 Å². The van der Waals surface area contributed by atoms with Crippen LogP contribution in [0.25, 0.3) is 5.69 Å². The molecule has 0 saturated heterocycles. The van der Waals surface area contributed by atoms with Gasteiger partial charge in [0, 0.05) is 42.3 Å². The Morgan fingerprint density at radius 3 is 2.03 bits per heavy atom. The van der Waals surface area contributed by atoms with Crippen LogP contribution in [0.1, 0.15) is 32.1 Å². The van der Waals surface area contributed by atoms with Crippen LogP contribution in [0.5, 0.6) is 5.75 Å². The highest BCUT2D eigenvalue weighted by atomic mass is 16.5. The van der Waals surface area contributed by atoms with Crippen molar-refractivity contribution in [1.82, 2.24) is 9.47 Å². The van der Waals surface area contributed by atoms with E-state index in [1.165, 1.54) is 12.0 Å². The Bertz CT molecular complexity index is 1030. The lowest BCUT2D eigenvalue weighted by Crippen LogP contribution is -2.22. The maximum absolute atomic E-state index is 12.8. The maximum atomic E-state index is 12.8. The summed E-state index contributed by atoms with van der Waals surface area (Å²) in [7, 11) is 4.88. The van der Waals surface area contributed by atoms with Gasteiger partial charge in [-0.05, 0) is 68.4 Å².